The molecule has 0 bridgehead atoms. The van der Waals surface area contributed by atoms with Crippen LogP contribution in [0.1, 0.15) is 439 Å². The lowest BCUT2D eigenvalue weighted by atomic mass is 10.0. The molecule has 0 spiro atoms. The largest absolute Gasteiger partial charge is 0.462 e. The van der Waals surface area contributed by atoms with E-state index in [-0.39, 0.29) is 63.5 Å². The summed E-state index contributed by atoms with van der Waals surface area (Å²) in [5.74, 6) is -1.30. The quantitative estimate of drug-likeness (QED) is 0.0353. The van der Waals surface area contributed by atoms with Gasteiger partial charge in [0.05, 0.1) is 26.4 Å². The number of unbranched alkanes of at least 4 members (excludes halogenated alkanes) is 56. The Bertz CT molecular complexity index is 1400. The minimum atomic E-state index is -1.04. The number of rotatable bonds is 78. The van der Waals surface area contributed by atoms with Gasteiger partial charge in [0, 0.05) is 25.7 Å². The van der Waals surface area contributed by atoms with Gasteiger partial charge in [-0.25, -0.2) is 0 Å². The van der Waals surface area contributed by atoms with Crippen molar-refractivity contribution in [2.24, 2.45) is 0 Å². The van der Waals surface area contributed by atoms with E-state index < -0.39 is 18.3 Å². The molecule has 1 N–H and O–H groups in total. The summed E-state index contributed by atoms with van der Waals surface area (Å²) in [6.45, 7) is 8.53. The lowest BCUT2D eigenvalue weighted by Crippen LogP contribution is -2.33. The Kier molecular flexibility index (Phi) is 74.3. The molecule has 11 nitrogen and oxygen atoms in total. The van der Waals surface area contributed by atoms with Crippen molar-refractivity contribution < 1.29 is 52.7 Å². The molecule has 11 heteroatoms. The Labute approximate surface area is 570 Å². The van der Waals surface area contributed by atoms with Crippen LogP contribution >= 0.6 is 0 Å². The zero-order valence-electron chi connectivity index (χ0n) is 61.8. The maximum Gasteiger partial charge on any atom is 0.306 e. The van der Waals surface area contributed by atoms with Gasteiger partial charge in [-0.05, 0) is 25.7 Å². The van der Waals surface area contributed by atoms with E-state index in [9.17, 15) is 24.3 Å². The average Bonchev–Trinajstić information content (AvgIpc) is 3.68. The van der Waals surface area contributed by atoms with Crippen molar-refractivity contribution in [2.45, 2.75) is 457 Å². The zero-order valence-corrected chi connectivity index (χ0v) is 61.8. The van der Waals surface area contributed by atoms with Crippen LogP contribution in [0.5, 0.6) is 0 Å². The van der Waals surface area contributed by atoms with E-state index in [0.29, 0.717) is 25.7 Å². The zero-order chi connectivity index (χ0) is 66.8. The number of carbonyl (C=O) groups excluding carboxylic acids is 4. The van der Waals surface area contributed by atoms with E-state index in [4.69, 9.17) is 28.4 Å². The number of aliphatic hydroxyl groups is 1. The Morgan fingerprint density at radius 2 is 0.380 bits per heavy atom. The van der Waals surface area contributed by atoms with Gasteiger partial charge in [0.2, 0.25) is 0 Å². The van der Waals surface area contributed by atoms with Gasteiger partial charge in [-0.2, -0.15) is 0 Å². The molecule has 0 saturated carbocycles. The lowest BCUT2D eigenvalue weighted by Gasteiger charge is -2.21. The maximum absolute atomic E-state index is 13.1. The van der Waals surface area contributed by atoms with Crippen LogP contribution in [0.2, 0.25) is 0 Å². The minimum absolute atomic E-state index is 0.0528. The summed E-state index contributed by atoms with van der Waals surface area (Å²) in [6, 6.07) is 0. The molecular weight excluding hydrogens is 1150 g/mol. The smallest absolute Gasteiger partial charge is 0.306 e. The molecule has 2 unspecified atom stereocenters. The lowest BCUT2D eigenvalue weighted by molar-refractivity contribution is -0.165. The highest BCUT2D eigenvalue weighted by molar-refractivity contribution is 5.71. The number of carbonyl (C=O) groups is 4. The van der Waals surface area contributed by atoms with Crippen molar-refractivity contribution in [3.05, 3.63) is 0 Å². The fourth-order valence-corrected chi connectivity index (χ4v) is 12.5. The first-order chi connectivity index (χ1) is 45.2. The third-order valence-corrected chi connectivity index (χ3v) is 18.6. The van der Waals surface area contributed by atoms with E-state index in [1.165, 1.54) is 308 Å². The van der Waals surface area contributed by atoms with Crippen LogP contribution in [0.3, 0.4) is 0 Å². The van der Waals surface area contributed by atoms with Gasteiger partial charge >= 0.3 is 23.9 Å². The van der Waals surface area contributed by atoms with Crippen LogP contribution in [0.4, 0.5) is 0 Å². The molecule has 0 fully saturated rings. The van der Waals surface area contributed by atoms with Crippen LogP contribution in [0, 0.1) is 0 Å². The van der Waals surface area contributed by atoms with Gasteiger partial charge < -0.3 is 33.5 Å². The molecular formula is C81H156O11. The number of hydrogen-bond donors (Lipinski definition) is 1. The van der Waals surface area contributed by atoms with Crippen molar-refractivity contribution in [1.82, 2.24) is 0 Å². The molecule has 0 aromatic carbocycles. The Morgan fingerprint density at radius 1 is 0.217 bits per heavy atom. The molecule has 0 saturated heterocycles. The molecule has 92 heavy (non-hydrogen) atoms. The van der Waals surface area contributed by atoms with Gasteiger partial charge in [-0.3, -0.25) is 19.2 Å². The number of aliphatic hydroxyl groups excluding tert-OH is 1. The van der Waals surface area contributed by atoms with Crippen molar-refractivity contribution in [3.8, 4) is 0 Å². The van der Waals surface area contributed by atoms with E-state index in [1.807, 2.05) is 0 Å². The number of ether oxygens (including phenoxy) is 6. The average molecular weight is 1310 g/mol. The summed E-state index contributed by atoms with van der Waals surface area (Å²) in [4.78, 5) is 52.1. The van der Waals surface area contributed by atoms with Gasteiger partial charge in [0.1, 0.15) is 19.3 Å². The first-order valence-electron chi connectivity index (χ1n) is 40.8. The molecule has 0 aromatic rings. The van der Waals surface area contributed by atoms with E-state index in [0.717, 1.165) is 77.0 Å². The standard InChI is InChI=1S/C81H156O11/c1-5-9-13-17-21-25-29-33-37-41-45-49-53-57-61-65-78(83)89-73-76(91-80(85)67-63-59-55-51-47-43-39-35-31-27-23-19-15-11-7-3)71-87-69-75(82)70-88-72-77(92-81(86)68-64-60-56-52-48-44-40-36-32-28-24-20-16-12-8-4)74-90-79(84)66-62-58-54-50-46-42-38-34-30-26-22-18-14-10-6-2/h75-77,82H,5-74H2,1-4H3. The van der Waals surface area contributed by atoms with Crippen LogP contribution in [0.15, 0.2) is 0 Å². The SMILES string of the molecule is CCCCCCCCCCCCCCCCCC(=O)OCC(COCC(O)COCC(COC(=O)CCCCCCCCCCCCCCCCC)OC(=O)CCCCCCCCCCCCCCCCC)OC(=O)CCCCCCCCCCCCCCCCC. The molecule has 546 valence electrons. The van der Waals surface area contributed by atoms with Gasteiger partial charge in [0.25, 0.3) is 0 Å². The van der Waals surface area contributed by atoms with Crippen molar-refractivity contribution >= 4 is 23.9 Å². The molecule has 0 aliphatic carbocycles. The summed E-state index contributed by atoms with van der Waals surface area (Å²) in [5.41, 5.74) is 0. The third-order valence-electron chi connectivity index (χ3n) is 18.6. The topological polar surface area (TPSA) is 144 Å². The van der Waals surface area contributed by atoms with Crippen molar-refractivity contribution in [3.63, 3.8) is 0 Å². The molecule has 0 rings (SSSR count). The van der Waals surface area contributed by atoms with Crippen molar-refractivity contribution in [1.29, 1.82) is 0 Å². The second-order valence-electron chi connectivity index (χ2n) is 28.1. The predicted octanol–water partition coefficient (Wildman–Crippen LogP) is 24.3. The van der Waals surface area contributed by atoms with Crippen LogP contribution in [-0.4, -0.2) is 86.9 Å². The highest BCUT2D eigenvalue weighted by Gasteiger charge is 2.21. The first-order valence-corrected chi connectivity index (χ1v) is 40.8. The number of esters is 4. The third kappa shape index (κ3) is 72.0. The van der Waals surface area contributed by atoms with Crippen LogP contribution in [0.25, 0.3) is 0 Å². The summed E-state index contributed by atoms with van der Waals surface area (Å²) in [6.07, 6.45) is 73.7. The monoisotopic (exact) mass is 1310 g/mol. The molecule has 0 heterocycles. The predicted molar refractivity (Wildman–Crippen MR) is 388 cm³/mol. The summed E-state index contributed by atoms with van der Waals surface area (Å²) >= 11 is 0. The van der Waals surface area contributed by atoms with E-state index in [2.05, 4.69) is 27.7 Å². The fraction of sp³-hybridized carbons (Fsp3) is 0.951. The molecule has 2 atom stereocenters. The second-order valence-corrected chi connectivity index (χ2v) is 28.1. The summed E-state index contributed by atoms with van der Waals surface area (Å²) < 4.78 is 34.8. The molecule has 0 aliphatic rings. The Morgan fingerprint density at radius 3 is 0.565 bits per heavy atom. The van der Waals surface area contributed by atoms with E-state index in [1.54, 1.807) is 0 Å². The highest BCUT2D eigenvalue weighted by Crippen LogP contribution is 2.20. The van der Waals surface area contributed by atoms with Gasteiger partial charge in [-0.1, -0.05) is 387 Å². The van der Waals surface area contributed by atoms with E-state index >= 15 is 0 Å². The molecule has 0 radical (unpaired) electrons. The Balaban J connectivity index is 5.10. The first kappa shape index (κ1) is 89.8. The van der Waals surface area contributed by atoms with Gasteiger partial charge in [0.15, 0.2) is 12.2 Å². The summed E-state index contributed by atoms with van der Waals surface area (Å²) in [7, 11) is 0. The second kappa shape index (κ2) is 76.1. The van der Waals surface area contributed by atoms with Crippen LogP contribution in [-0.2, 0) is 47.6 Å². The number of hydrogen-bond acceptors (Lipinski definition) is 11. The maximum atomic E-state index is 13.1. The minimum Gasteiger partial charge on any atom is -0.462 e. The van der Waals surface area contributed by atoms with Gasteiger partial charge in [-0.15, -0.1) is 0 Å². The normalized spacial score (nSPS) is 12.5. The molecule has 0 aliphatic heterocycles. The molecule has 0 aromatic heterocycles. The fourth-order valence-electron chi connectivity index (χ4n) is 12.5. The summed E-state index contributed by atoms with van der Waals surface area (Å²) in [5, 5.41) is 11.0. The highest BCUT2D eigenvalue weighted by atomic mass is 16.6. The molecule has 0 amide bonds. The Hall–Kier alpha value is -2.24. The van der Waals surface area contributed by atoms with Crippen molar-refractivity contribution in [2.75, 3.05) is 39.6 Å². The van der Waals surface area contributed by atoms with Crippen LogP contribution < -0.4 is 0 Å².